The van der Waals surface area contributed by atoms with Gasteiger partial charge in [-0.3, -0.25) is 10.2 Å². The molecule has 0 radical (unpaired) electrons. The van der Waals surface area contributed by atoms with Gasteiger partial charge in [-0.25, -0.2) is 5.01 Å². The lowest BCUT2D eigenvalue weighted by atomic mass is 9.72. The van der Waals surface area contributed by atoms with Crippen LogP contribution in [0.5, 0.6) is 0 Å². The number of rotatable bonds is 3. The number of hydrogen-bond acceptors (Lipinski definition) is 3. The van der Waals surface area contributed by atoms with E-state index in [0.29, 0.717) is 0 Å². The minimum absolute atomic E-state index is 0.0974. The van der Waals surface area contributed by atoms with Crippen molar-refractivity contribution >= 4 is 5.91 Å². The number of carbonyl (C=O) groups excluding carboxylic acids is 1. The Bertz CT molecular complexity index is 397. The summed E-state index contributed by atoms with van der Waals surface area (Å²) in [6.07, 6.45) is 1.69. The minimum atomic E-state index is -0.392. The van der Waals surface area contributed by atoms with Crippen molar-refractivity contribution in [2.24, 2.45) is 0 Å². The van der Waals surface area contributed by atoms with E-state index in [4.69, 9.17) is 0 Å². The molecule has 4 heteroatoms. The first-order valence-electron chi connectivity index (χ1n) is 6.40. The molecule has 1 aliphatic rings. The lowest BCUT2D eigenvalue weighted by Crippen LogP contribution is -2.53. The highest BCUT2D eigenvalue weighted by molar-refractivity contribution is 5.88. The molecule has 1 aromatic rings. The fourth-order valence-corrected chi connectivity index (χ4v) is 2.57. The van der Waals surface area contributed by atoms with E-state index in [9.17, 15) is 4.79 Å². The number of amides is 1. The van der Waals surface area contributed by atoms with Crippen LogP contribution < -0.4 is 10.7 Å². The standard InChI is InChI=1S/C14H21N3O/c1-17(2)16-13(18)14(8-10-15-11-9-14)12-6-4-3-5-7-12/h3-7,15H,8-11H2,1-2H3,(H,16,18). The third-order valence-corrected chi connectivity index (χ3v) is 3.54. The van der Waals surface area contributed by atoms with Gasteiger partial charge in [-0.2, -0.15) is 0 Å². The second kappa shape index (κ2) is 5.50. The number of hydrazine groups is 1. The molecule has 0 atom stereocenters. The van der Waals surface area contributed by atoms with Crippen LogP contribution in [0.3, 0.4) is 0 Å². The summed E-state index contributed by atoms with van der Waals surface area (Å²) in [4.78, 5) is 12.6. The molecule has 2 N–H and O–H groups in total. The number of nitrogens with zero attached hydrogens (tertiary/aromatic N) is 1. The molecule has 1 amide bonds. The summed E-state index contributed by atoms with van der Waals surface area (Å²) in [5, 5.41) is 5.04. The lowest BCUT2D eigenvalue weighted by molar-refractivity contribution is -0.131. The van der Waals surface area contributed by atoms with Crippen molar-refractivity contribution in [3.05, 3.63) is 35.9 Å². The zero-order valence-electron chi connectivity index (χ0n) is 11.1. The van der Waals surface area contributed by atoms with Gasteiger partial charge < -0.3 is 5.32 Å². The molecule has 0 saturated carbocycles. The SMILES string of the molecule is CN(C)NC(=O)C1(c2ccccc2)CCNCC1. The number of hydrogen-bond donors (Lipinski definition) is 2. The van der Waals surface area contributed by atoms with Crippen molar-refractivity contribution in [3.63, 3.8) is 0 Å². The molecule has 1 aromatic carbocycles. The Morgan fingerprint density at radius 1 is 1.22 bits per heavy atom. The van der Waals surface area contributed by atoms with Crippen LogP contribution in [0.1, 0.15) is 18.4 Å². The second-order valence-corrected chi connectivity index (χ2v) is 5.03. The van der Waals surface area contributed by atoms with E-state index in [0.717, 1.165) is 31.5 Å². The molecule has 0 bridgehead atoms. The molecule has 4 nitrogen and oxygen atoms in total. The van der Waals surface area contributed by atoms with E-state index >= 15 is 0 Å². The fourth-order valence-electron chi connectivity index (χ4n) is 2.57. The largest absolute Gasteiger partial charge is 0.317 e. The van der Waals surface area contributed by atoms with Gasteiger partial charge in [0.25, 0.3) is 0 Å². The number of carbonyl (C=O) groups is 1. The lowest BCUT2D eigenvalue weighted by Gasteiger charge is -2.37. The maximum absolute atomic E-state index is 12.6. The quantitative estimate of drug-likeness (QED) is 0.780. The summed E-state index contributed by atoms with van der Waals surface area (Å²) in [6, 6.07) is 10.1. The predicted octanol–water partition coefficient (Wildman–Crippen LogP) is 0.901. The summed E-state index contributed by atoms with van der Waals surface area (Å²) < 4.78 is 0. The van der Waals surface area contributed by atoms with E-state index in [-0.39, 0.29) is 5.91 Å². The smallest absolute Gasteiger partial charge is 0.245 e. The highest BCUT2D eigenvalue weighted by Crippen LogP contribution is 2.33. The summed E-state index contributed by atoms with van der Waals surface area (Å²) in [7, 11) is 3.69. The molecule has 1 saturated heterocycles. The number of nitrogens with one attached hydrogen (secondary N) is 2. The van der Waals surface area contributed by atoms with Crippen LogP contribution in [-0.4, -0.2) is 38.1 Å². The van der Waals surface area contributed by atoms with E-state index in [2.05, 4.69) is 22.9 Å². The molecular formula is C14H21N3O. The fraction of sp³-hybridized carbons (Fsp3) is 0.500. The van der Waals surface area contributed by atoms with Crippen molar-refractivity contribution in [1.29, 1.82) is 0 Å². The highest BCUT2D eigenvalue weighted by Gasteiger charge is 2.41. The predicted molar refractivity (Wildman–Crippen MR) is 72.1 cm³/mol. The van der Waals surface area contributed by atoms with Crippen molar-refractivity contribution in [1.82, 2.24) is 15.8 Å². The van der Waals surface area contributed by atoms with E-state index < -0.39 is 5.41 Å². The van der Waals surface area contributed by atoms with Crippen molar-refractivity contribution < 1.29 is 4.79 Å². The second-order valence-electron chi connectivity index (χ2n) is 5.03. The summed E-state index contributed by atoms with van der Waals surface area (Å²) in [5.41, 5.74) is 3.64. The van der Waals surface area contributed by atoms with E-state index in [1.807, 2.05) is 32.3 Å². The number of benzene rings is 1. The summed E-state index contributed by atoms with van der Waals surface area (Å²) in [6.45, 7) is 1.77. The summed E-state index contributed by atoms with van der Waals surface area (Å²) >= 11 is 0. The maximum atomic E-state index is 12.6. The van der Waals surface area contributed by atoms with Gasteiger partial charge in [0.2, 0.25) is 5.91 Å². The van der Waals surface area contributed by atoms with Crippen molar-refractivity contribution in [2.75, 3.05) is 27.2 Å². The van der Waals surface area contributed by atoms with Gasteiger partial charge in [0.05, 0.1) is 5.41 Å². The van der Waals surface area contributed by atoms with Gasteiger partial charge >= 0.3 is 0 Å². The van der Waals surface area contributed by atoms with Gasteiger partial charge in [-0.1, -0.05) is 30.3 Å². The van der Waals surface area contributed by atoms with Crippen LogP contribution in [0.25, 0.3) is 0 Å². The van der Waals surface area contributed by atoms with Crippen LogP contribution in [0, 0.1) is 0 Å². The maximum Gasteiger partial charge on any atom is 0.245 e. The molecule has 1 fully saturated rings. The Balaban J connectivity index is 2.31. The summed E-state index contributed by atoms with van der Waals surface area (Å²) in [5.74, 6) is 0.0974. The molecule has 2 rings (SSSR count). The molecule has 0 spiro atoms. The molecular weight excluding hydrogens is 226 g/mol. The number of piperidine rings is 1. The molecule has 1 aliphatic heterocycles. The zero-order chi connectivity index (χ0) is 13.0. The molecule has 98 valence electrons. The Morgan fingerprint density at radius 3 is 2.39 bits per heavy atom. The van der Waals surface area contributed by atoms with Gasteiger partial charge in [0.15, 0.2) is 0 Å². The van der Waals surface area contributed by atoms with Crippen LogP contribution in [0.15, 0.2) is 30.3 Å². The first kappa shape index (κ1) is 13.1. The Hall–Kier alpha value is -1.39. The monoisotopic (exact) mass is 247 g/mol. The molecule has 0 aromatic heterocycles. The third kappa shape index (κ3) is 2.54. The average Bonchev–Trinajstić information content (AvgIpc) is 2.40. The van der Waals surface area contributed by atoms with E-state index in [1.165, 1.54) is 0 Å². The molecule has 1 heterocycles. The van der Waals surface area contributed by atoms with Gasteiger partial charge in [0.1, 0.15) is 0 Å². The highest BCUT2D eigenvalue weighted by atomic mass is 16.2. The first-order chi connectivity index (χ1) is 8.65. The zero-order valence-corrected chi connectivity index (χ0v) is 11.1. The van der Waals surface area contributed by atoms with Crippen LogP contribution in [-0.2, 0) is 10.2 Å². The first-order valence-corrected chi connectivity index (χ1v) is 6.40. The topological polar surface area (TPSA) is 44.4 Å². The molecule has 0 aliphatic carbocycles. The molecule has 0 unspecified atom stereocenters. The molecule has 18 heavy (non-hydrogen) atoms. The van der Waals surface area contributed by atoms with Crippen molar-refractivity contribution in [2.45, 2.75) is 18.3 Å². The Morgan fingerprint density at radius 2 is 1.83 bits per heavy atom. The Labute approximate surface area is 108 Å². The van der Waals surface area contributed by atoms with Gasteiger partial charge in [-0.15, -0.1) is 0 Å². The average molecular weight is 247 g/mol. The van der Waals surface area contributed by atoms with Gasteiger partial charge in [-0.05, 0) is 31.5 Å². The van der Waals surface area contributed by atoms with E-state index in [1.54, 1.807) is 5.01 Å². The van der Waals surface area contributed by atoms with Gasteiger partial charge in [0, 0.05) is 14.1 Å². The normalized spacial score (nSPS) is 18.6. The van der Waals surface area contributed by atoms with Crippen LogP contribution in [0.4, 0.5) is 0 Å². The Kier molecular flexibility index (Phi) is 3.99. The third-order valence-electron chi connectivity index (χ3n) is 3.54. The van der Waals surface area contributed by atoms with Crippen LogP contribution >= 0.6 is 0 Å². The van der Waals surface area contributed by atoms with Crippen LogP contribution in [0.2, 0.25) is 0 Å². The minimum Gasteiger partial charge on any atom is -0.317 e. The van der Waals surface area contributed by atoms with Crippen molar-refractivity contribution in [3.8, 4) is 0 Å².